The number of amides is 1. The molecule has 0 saturated heterocycles. The highest BCUT2D eigenvalue weighted by atomic mass is 16.5. The molecule has 0 bridgehead atoms. The Morgan fingerprint density at radius 1 is 1.16 bits per heavy atom. The monoisotopic (exact) mass is 428 g/mol. The van der Waals surface area contributed by atoms with E-state index in [4.69, 9.17) is 4.74 Å². The molecule has 0 aromatic heterocycles. The van der Waals surface area contributed by atoms with Gasteiger partial charge in [-0.15, -0.1) is 0 Å². The Hall–Kier alpha value is -3.62. The fourth-order valence-electron chi connectivity index (χ4n) is 4.04. The number of ether oxygens (including phenoxy) is 1. The van der Waals surface area contributed by atoms with E-state index in [-0.39, 0.29) is 45.4 Å². The highest BCUT2D eigenvalue weighted by Gasteiger charge is 2.56. The summed E-state index contributed by atoms with van der Waals surface area (Å²) in [6.45, 7) is 7.20. The SMILES string of the molecule is CNC(=O)[C@H](C)N/C(C)=C1\C(=O)C=C2Oc3c(C(C)=O)c(O)c(C)c(O)c3[C@@]2(C)C1=O. The number of Topliss-reactive ketones (excluding diaryl/α,β-unsaturated/α-hetero) is 2. The van der Waals surface area contributed by atoms with Crippen molar-refractivity contribution in [2.75, 3.05) is 7.05 Å². The molecular formula is C22H24N2O7. The fourth-order valence-corrected chi connectivity index (χ4v) is 4.04. The smallest absolute Gasteiger partial charge is 0.241 e. The molecule has 9 heteroatoms. The van der Waals surface area contributed by atoms with E-state index in [1.807, 2.05) is 0 Å². The molecule has 4 N–H and O–H groups in total. The van der Waals surface area contributed by atoms with Gasteiger partial charge >= 0.3 is 0 Å². The summed E-state index contributed by atoms with van der Waals surface area (Å²) < 4.78 is 5.70. The van der Waals surface area contributed by atoms with Crippen molar-refractivity contribution >= 4 is 23.3 Å². The highest BCUT2D eigenvalue weighted by molar-refractivity contribution is 6.31. The minimum absolute atomic E-state index is 0.0152. The molecule has 3 rings (SSSR count). The zero-order valence-electron chi connectivity index (χ0n) is 18.1. The van der Waals surface area contributed by atoms with Crippen LogP contribution in [0.4, 0.5) is 0 Å². The van der Waals surface area contributed by atoms with Gasteiger partial charge in [0.05, 0.1) is 11.1 Å². The maximum atomic E-state index is 13.6. The fraction of sp³-hybridized carbons (Fsp3) is 0.364. The molecule has 0 radical (unpaired) electrons. The summed E-state index contributed by atoms with van der Waals surface area (Å²) in [5.74, 6) is -3.17. The molecule has 1 aromatic carbocycles. The first kappa shape index (κ1) is 22.1. The third-order valence-corrected chi connectivity index (χ3v) is 5.83. The van der Waals surface area contributed by atoms with Gasteiger partial charge in [0.15, 0.2) is 17.3 Å². The van der Waals surface area contributed by atoms with E-state index in [1.165, 1.54) is 34.7 Å². The van der Waals surface area contributed by atoms with E-state index < -0.39 is 40.3 Å². The van der Waals surface area contributed by atoms with Crippen LogP contribution in [0, 0.1) is 6.92 Å². The number of aromatic hydroxyl groups is 2. The molecule has 1 aliphatic heterocycles. The number of phenols is 2. The van der Waals surface area contributed by atoms with Crippen molar-refractivity contribution in [3.05, 3.63) is 39.8 Å². The van der Waals surface area contributed by atoms with Gasteiger partial charge < -0.3 is 25.6 Å². The largest absolute Gasteiger partial charge is 0.507 e. The molecule has 1 aromatic rings. The first-order valence-corrected chi connectivity index (χ1v) is 9.65. The zero-order chi connectivity index (χ0) is 23.4. The number of ketones is 3. The molecular weight excluding hydrogens is 404 g/mol. The van der Waals surface area contributed by atoms with Crippen LogP contribution in [-0.4, -0.2) is 46.6 Å². The quantitative estimate of drug-likeness (QED) is 0.319. The number of fused-ring (bicyclic) bond motifs is 3. The molecule has 0 spiro atoms. The molecule has 1 aliphatic carbocycles. The molecule has 0 fully saturated rings. The van der Waals surface area contributed by atoms with Crippen molar-refractivity contribution in [2.45, 2.75) is 46.1 Å². The number of benzene rings is 1. The number of hydrogen-bond acceptors (Lipinski definition) is 8. The van der Waals surface area contributed by atoms with Crippen molar-refractivity contribution in [1.82, 2.24) is 10.6 Å². The molecule has 0 unspecified atom stereocenters. The van der Waals surface area contributed by atoms with E-state index in [0.717, 1.165) is 6.08 Å². The van der Waals surface area contributed by atoms with Crippen molar-refractivity contribution in [3.8, 4) is 17.2 Å². The van der Waals surface area contributed by atoms with Crippen LogP contribution in [0.25, 0.3) is 0 Å². The van der Waals surface area contributed by atoms with Gasteiger partial charge in [-0.1, -0.05) is 0 Å². The Labute approximate surface area is 178 Å². The second-order valence-electron chi connectivity index (χ2n) is 7.87. The molecule has 164 valence electrons. The number of allylic oxidation sites excluding steroid dienone is 4. The van der Waals surface area contributed by atoms with Crippen LogP contribution in [0.2, 0.25) is 0 Å². The summed E-state index contributed by atoms with van der Waals surface area (Å²) in [6.07, 6.45) is 1.13. The molecule has 1 amide bonds. The van der Waals surface area contributed by atoms with Crippen LogP contribution < -0.4 is 15.4 Å². The second-order valence-corrected chi connectivity index (χ2v) is 7.87. The Morgan fingerprint density at radius 2 is 1.77 bits per heavy atom. The van der Waals surface area contributed by atoms with Crippen molar-refractivity contribution in [2.24, 2.45) is 0 Å². The van der Waals surface area contributed by atoms with Gasteiger partial charge in [0.1, 0.15) is 40.0 Å². The average molecular weight is 428 g/mol. The Morgan fingerprint density at radius 3 is 2.32 bits per heavy atom. The minimum atomic E-state index is -1.59. The number of phenolic OH excluding ortho intramolecular Hbond substituents is 2. The molecule has 0 saturated carbocycles. The van der Waals surface area contributed by atoms with Gasteiger partial charge in [-0.2, -0.15) is 0 Å². The molecule has 31 heavy (non-hydrogen) atoms. The lowest BCUT2D eigenvalue weighted by Crippen LogP contribution is -2.44. The van der Waals surface area contributed by atoms with E-state index in [0.29, 0.717) is 0 Å². The van der Waals surface area contributed by atoms with Crippen LogP contribution in [-0.2, 0) is 19.8 Å². The first-order valence-electron chi connectivity index (χ1n) is 9.65. The maximum absolute atomic E-state index is 13.6. The zero-order valence-corrected chi connectivity index (χ0v) is 18.1. The summed E-state index contributed by atoms with van der Waals surface area (Å²) in [7, 11) is 1.47. The van der Waals surface area contributed by atoms with Crippen LogP contribution in [0.1, 0.15) is 49.2 Å². The predicted molar refractivity (Wildman–Crippen MR) is 110 cm³/mol. The van der Waals surface area contributed by atoms with E-state index in [1.54, 1.807) is 6.92 Å². The van der Waals surface area contributed by atoms with Crippen molar-refractivity contribution < 1.29 is 34.1 Å². The number of likely N-dealkylation sites (N-methyl/N-ethyl adjacent to an activating group) is 1. The topological polar surface area (TPSA) is 142 Å². The summed E-state index contributed by atoms with van der Waals surface area (Å²) in [5, 5.41) is 26.5. The van der Waals surface area contributed by atoms with Crippen molar-refractivity contribution in [3.63, 3.8) is 0 Å². The van der Waals surface area contributed by atoms with Gasteiger partial charge in [-0.25, -0.2) is 0 Å². The summed E-state index contributed by atoms with van der Waals surface area (Å²) in [6, 6.07) is -0.708. The number of hydrogen-bond donors (Lipinski definition) is 4. The lowest BCUT2D eigenvalue weighted by Gasteiger charge is -2.29. The highest BCUT2D eigenvalue weighted by Crippen LogP contribution is 2.57. The Bertz CT molecular complexity index is 1130. The number of rotatable bonds is 4. The Balaban J connectivity index is 2.25. The third-order valence-electron chi connectivity index (χ3n) is 5.83. The maximum Gasteiger partial charge on any atom is 0.241 e. The lowest BCUT2D eigenvalue weighted by atomic mass is 9.70. The average Bonchev–Trinajstić information content (AvgIpc) is 2.98. The van der Waals surface area contributed by atoms with Gasteiger partial charge in [-0.05, 0) is 34.6 Å². The van der Waals surface area contributed by atoms with Crippen LogP contribution in [0.3, 0.4) is 0 Å². The third kappa shape index (κ3) is 2.99. The predicted octanol–water partition coefficient (Wildman–Crippen LogP) is 1.29. The summed E-state index contributed by atoms with van der Waals surface area (Å²) >= 11 is 0. The normalized spacial score (nSPS) is 22.1. The molecule has 1 heterocycles. The summed E-state index contributed by atoms with van der Waals surface area (Å²) in [5.41, 5.74) is -1.72. The van der Waals surface area contributed by atoms with Crippen LogP contribution >= 0.6 is 0 Å². The van der Waals surface area contributed by atoms with E-state index in [2.05, 4.69) is 10.6 Å². The van der Waals surface area contributed by atoms with Gasteiger partial charge in [-0.3, -0.25) is 19.2 Å². The van der Waals surface area contributed by atoms with Gasteiger partial charge in [0.25, 0.3) is 0 Å². The lowest BCUT2D eigenvalue weighted by molar-refractivity contribution is -0.124. The van der Waals surface area contributed by atoms with Crippen LogP contribution in [0.5, 0.6) is 17.2 Å². The number of carbonyl (C=O) groups excluding carboxylic acids is 4. The van der Waals surface area contributed by atoms with E-state index >= 15 is 0 Å². The van der Waals surface area contributed by atoms with Gasteiger partial charge in [0.2, 0.25) is 5.91 Å². The molecule has 2 atom stereocenters. The Kier molecular flexibility index (Phi) is 5.17. The second kappa shape index (κ2) is 7.26. The number of carbonyl (C=O) groups is 4. The molecule has 9 nitrogen and oxygen atoms in total. The van der Waals surface area contributed by atoms with Crippen LogP contribution in [0.15, 0.2) is 23.1 Å². The number of nitrogens with one attached hydrogen (secondary N) is 2. The summed E-state index contributed by atoms with van der Waals surface area (Å²) in [4.78, 5) is 50.4. The van der Waals surface area contributed by atoms with Crippen molar-refractivity contribution in [1.29, 1.82) is 0 Å². The molecule has 2 aliphatic rings. The minimum Gasteiger partial charge on any atom is -0.507 e. The van der Waals surface area contributed by atoms with E-state index in [9.17, 15) is 29.4 Å². The van der Waals surface area contributed by atoms with Gasteiger partial charge in [0, 0.05) is 24.4 Å². The standard InChI is InChI=1S/C22H24N2O7/c1-8-17(27)15(11(4)25)19-16(18(8)28)22(5)13(31-19)7-12(26)14(20(22)29)9(2)24-10(3)21(30)23-6/h7,10,24,27-28H,1-6H3,(H,23,30)/b14-9+/t10-,22-/m0/s1. The first-order chi connectivity index (χ1) is 14.4.